The average Bonchev–Trinajstić information content (AvgIpc) is 2.86. The Morgan fingerprint density at radius 3 is 2.73 bits per heavy atom. The number of ether oxygens (including phenoxy) is 1. The van der Waals surface area contributed by atoms with E-state index in [0.29, 0.717) is 32.8 Å². The van der Waals surface area contributed by atoms with Gasteiger partial charge in [0, 0.05) is 37.8 Å². The first-order valence-corrected chi connectivity index (χ1v) is 13.2. The molecule has 1 aromatic heterocycles. The summed E-state index contributed by atoms with van der Waals surface area (Å²) in [6.45, 7) is 5.40. The van der Waals surface area contributed by atoms with Crippen LogP contribution in [0.15, 0.2) is 6.33 Å². The summed E-state index contributed by atoms with van der Waals surface area (Å²) in [5.41, 5.74) is 2.07. The van der Waals surface area contributed by atoms with Crippen molar-refractivity contribution in [2.45, 2.75) is 83.8 Å². The molecular formula is C26H40N4O3. The largest absolute Gasteiger partial charge is 0.391 e. The second kappa shape index (κ2) is 9.87. The number of carbonyl (C=O) groups excluding carboxylic acids is 1. The number of aromatic nitrogens is 2. The Morgan fingerprint density at radius 2 is 2.00 bits per heavy atom. The van der Waals surface area contributed by atoms with E-state index in [0.717, 1.165) is 67.4 Å². The predicted molar refractivity (Wildman–Crippen MR) is 127 cm³/mol. The molecule has 0 spiro atoms. The average molecular weight is 457 g/mol. The van der Waals surface area contributed by atoms with Crippen molar-refractivity contribution < 1.29 is 14.6 Å². The third-order valence-electron chi connectivity index (χ3n) is 9.04. The van der Waals surface area contributed by atoms with Gasteiger partial charge in [-0.15, -0.1) is 0 Å². The molecular weight excluding hydrogens is 416 g/mol. The molecule has 3 atom stereocenters. The van der Waals surface area contributed by atoms with Gasteiger partial charge in [0.1, 0.15) is 12.1 Å². The van der Waals surface area contributed by atoms with Gasteiger partial charge in [0.05, 0.1) is 18.3 Å². The van der Waals surface area contributed by atoms with Crippen molar-refractivity contribution in [2.24, 2.45) is 23.2 Å². The number of aliphatic hydroxyl groups is 1. The summed E-state index contributed by atoms with van der Waals surface area (Å²) in [7, 11) is 0. The van der Waals surface area contributed by atoms with Crippen LogP contribution in [0, 0.1) is 23.2 Å². The highest BCUT2D eigenvalue weighted by atomic mass is 16.5. The molecule has 1 aromatic rings. The fourth-order valence-corrected chi connectivity index (χ4v) is 7.11. The predicted octanol–water partition coefficient (Wildman–Crippen LogP) is 3.56. The van der Waals surface area contributed by atoms with Crippen molar-refractivity contribution in [3.05, 3.63) is 17.6 Å². The van der Waals surface area contributed by atoms with Gasteiger partial charge in [-0.3, -0.25) is 4.79 Å². The van der Waals surface area contributed by atoms with E-state index in [1.807, 2.05) is 4.90 Å². The summed E-state index contributed by atoms with van der Waals surface area (Å²) in [6, 6.07) is 0. The zero-order valence-corrected chi connectivity index (χ0v) is 20.1. The zero-order valence-electron chi connectivity index (χ0n) is 20.1. The number of nitrogens with one attached hydrogen (secondary N) is 1. The van der Waals surface area contributed by atoms with Gasteiger partial charge < -0.3 is 20.1 Å². The summed E-state index contributed by atoms with van der Waals surface area (Å²) >= 11 is 0. The van der Waals surface area contributed by atoms with E-state index in [1.165, 1.54) is 25.7 Å². The minimum absolute atomic E-state index is 0.0288. The number of fused-ring (bicyclic) bond motifs is 3. The fourth-order valence-electron chi connectivity index (χ4n) is 7.11. The normalized spacial score (nSPS) is 31.0. The SMILES string of the molecule is CCC1(C(O)CNc2ncnc3c2CCN(C(=O)C2CCOCC2)C3)CC2CCCC(C2)C1. The van der Waals surface area contributed by atoms with Crippen molar-refractivity contribution in [1.29, 1.82) is 0 Å². The number of rotatable bonds is 6. The van der Waals surface area contributed by atoms with E-state index in [9.17, 15) is 9.90 Å². The van der Waals surface area contributed by atoms with Crippen LogP contribution in [-0.4, -0.2) is 58.3 Å². The fraction of sp³-hybridized carbons (Fsp3) is 0.808. The molecule has 3 fully saturated rings. The quantitative estimate of drug-likeness (QED) is 0.681. The Balaban J connectivity index is 1.23. The molecule has 2 saturated carbocycles. The highest BCUT2D eigenvalue weighted by molar-refractivity contribution is 5.79. The van der Waals surface area contributed by atoms with Crippen molar-refractivity contribution in [2.75, 3.05) is 31.6 Å². The summed E-state index contributed by atoms with van der Waals surface area (Å²) in [5.74, 6) is 2.73. The van der Waals surface area contributed by atoms with Crippen molar-refractivity contribution in [3.8, 4) is 0 Å². The van der Waals surface area contributed by atoms with Crippen LogP contribution in [0.5, 0.6) is 0 Å². The van der Waals surface area contributed by atoms with Crippen LogP contribution in [0.25, 0.3) is 0 Å². The Hall–Kier alpha value is -1.73. The van der Waals surface area contributed by atoms with Crippen LogP contribution in [0.2, 0.25) is 0 Å². The lowest BCUT2D eigenvalue weighted by Gasteiger charge is -2.49. The number of nitrogens with zero attached hydrogens (tertiary/aromatic N) is 3. The lowest BCUT2D eigenvalue weighted by molar-refractivity contribution is -0.139. The molecule has 2 N–H and O–H groups in total. The molecule has 2 bridgehead atoms. The van der Waals surface area contributed by atoms with Gasteiger partial charge in [-0.05, 0) is 62.2 Å². The summed E-state index contributed by atoms with van der Waals surface area (Å²) in [5, 5.41) is 14.8. The van der Waals surface area contributed by atoms with E-state index < -0.39 is 0 Å². The molecule has 7 heteroatoms. The summed E-state index contributed by atoms with van der Waals surface area (Å²) < 4.78 is 5.42. The molecule has 2 aliphatic heterocycles. The second-order valence-electron chi connectivity index (χ2n) is 11.0. The first-order valence-electron chi connectivity index (χ1n) is 13.2. The smallest absolute Gasteiger partial charge is 0.226 e. The topological polar surface area (TPSA) is 87.6 Å². The van der Waals surface area contributed by atoms with Crippen LogP contribution in [0.4, 0.5) is 5.82 Å². The molecule has 0 aromatic carbocycles. The number of anilines is 1. The number of hydrogen-bond acceptors (Lipinski definition) is 6. The number of carbonyl (C=O) groups is 1. The summed E-state index contributed by atoms with van der Waals surface area (Å²) in [6.07, 6.45) is 12.4. The van der Waals surface area contributed by atoms with Gasteiger partial charge in [0.2, 0.25) is 5.91 Å². The van der Waals surface area contributed by atoms with Crippen LogP contribution < -0.4 is 5.32 Å². The molecule has 0 radical (unpaired) electrons. The Labute approximate surface area is 197 Å². The van der Waals surface area contributed by atoms with E-state index >= 15 is 0 Å². The molecule has 3 heterocycles. The summed E-state index contributed by atoms with van der Waals surface area (Å²) in [4.78, 5) is 24.0. The molecule has 3 unspecified atom stereocenters. The van der Waals surface area contributed by atoms with Crippen molar-refractivity contribution >= 4 is 11.7 Å². The molecule has 1 saturated heterocycles. The number of aliphatic hydroxyl groups excluding tert-OH is 1. The molecule has 5 rings (SSSR count). The lowest BCUT2D eigenvalue weighted by atomic mass is 9.58. The van der Waals surface area contributed by atoms with Gasteiger partial charge in [-0.25, -0.2) is 9.97 Å². The minimum atomic E-state index is -0.369. The van der Waals surface area contributed by atoms with Gasteiger partial charge in [-0.1, -0.05) is 26.2 Å². The van der Waals surface area contributed by atoms with Gasteiger partial charge in [0.25, 0.3) is 0 Å². The van der Waals surface area contributed by atoms with Crippen molar-refractivity contribution in [1.82, 2.24) is 14.9 Å². The maximum atomic E-state index is 13.0. The van der Waals surface area contributed by atoms with Crippen molar-refractivity contribution in [3.63, 3.8) is 0 Å². The third-order valence-corrected chi connectivity index (χ3v) is 9.04. The third kappa shape index (κ3) is 4.76. The van der Waals surface area contributed by atoms with Crippen LogP contribution in [0.1, 0.15) is 76.0 Å². The Kier molecular flexibility index (Phi) is 6.89. The highest BCUT2D eigenvalue weighted by Gasteiger charge is 2.45. The zero-order chi connectivity index (χ0) is 22.8. The van der Waals surface area contributed by atoms with Crippen LogP contribution in [-0.2, 0) is 22.5 Å². The maximum Gasteiger partial charge on any atom is 0.226 e. The molecule has 33 heavy (non-hydrogen) atoms. The van der Waals surface area contributed by atoms with E-state index in [1.54, 1.807) is 6.33 Å². The molecule has 7 nitrogen and oxygen atoms in total. The number of hydrogen-bond donors (Lipinski definition) is 2. The van der Waals surface area contributed by atoms with E-state index in [4.69, 9.17) is 4.74 Å². The molecule has 2 aliphatic carbocycles. The molecule has 182 valence electrons. The standard InChI is InChI=1S/C26H40N4O3/c1-2-26(13-18-4-3-5-19(12-18)14-26)23(31)15-27-24-21-6-9-30(16-22(21)28-17-29-24)25(32)20-7-10-33-11-8-20/h17-20,23,31H,2-16H2,1H3,(H,27,28,29). The number of amides is 1. The Bertz CT molecular complexity index is 829. The minimum Gasteiger partial charge on any atom is -0.391 e. The lowest BCUT2D eigenvalue weighted by Crippen LogP contribution is -2.46. The molecule has 4 aliphatic rings. The first kappa shape index (κ1) is 23.0. The van der Waals surface area contributed by atoms with Crippen LogP contribution >= 0.6 is 0 Å². The van der Waals surface area contributed by atoms with E-state index in [2.05, 4.69) is 22.2 Å². The second-order valence-corrected chi connectivity index (χ2v) is 11.0. The molecule has 1 amide bonds. The maximum absolute atomic E-state index is 13.0. The van der Waals surface area contributed by atoms with Gasteiger partial charge >= 0.3 is 0 Å². The van der Waals surface area contributed by atoms with Gasteiger partial charge in [0.15, 0.2) is 0 Å². The monoisotopic (exact) mass is 456 g/mol. The first-order chi connectivity index (χ1) is 16.1. The Morgan fingerprint density at radius 1 is 1.24 bits per heavy atom. The highest BCUT2D eigenvalue weighted by Crippen LogP contribution is 2.52. The van der Waals surface area contributed by atoms with E-state index in [-0.39, 0.29) is 23.3 Å². The van der Waals surface area contributed by atoms with Crippen LogP contribution in [0.3, 0.4) is 0 Å². The van der Waals surface area contributed by atoms with Gasteiger partial charge in [-0.2, -0.15) is 0 Å².